The Hall–Kier alpha value is -4.36. The van der Waals surface area contributed by atoms with Crippen molar-refractivity contribution in [3.8, 4) is 17.1 Å². The van der Waals surface area contributed by atoms with E-state index in [1.54, 1.807) is 12.1 Å². The highest BCUT2D eigenvalue weighted by Crippen LogP contribution is 2.42. The maximum Gasteiger partial charge on any atom is 0.280 e. The van der Waals surface area contributed by atoms with Gasteiger partial charge in [-0.05, 0) is 36.4 Å². The summed E-state index contributed by atoms with van der Waals surface area (Å²) >= 11 is 6.51. The number of thiophene rings is 1. The van der Waals surface area contributed by atoms with E-state index < -0.39 is 29.8 Å². The third-order valence-corrected chi connectivity index (χ3v) is 6.67. The first kappa shape index (κ1) is 25.3. The molecule has 3 N–H and O–H groups in total. The van der Waals surface area contributed by atoms with Gasteiger partial charge in [0.2, 0.25) is 0 Å². The normalized spacial score (nSPS) is 11.3. The number of alkyl halides is 2. The van der Waals surface area contributed by atoms with Crippen molar-refractivity contribution < 1.29 is 31.9 Å². The molecule has 0 bridgehead atoms. The van der Waals surface area contributed by atoms with E-state index in [4.69, 9.17) is 26.5 Å². The van der Waals surface area contributed by atoms with Crippen molar-refractivity contribution in [2.24, 2.45) is 5.73 Å². The highest BCUT2D eigenvalue weighted by atomic mass is 35.5. The number of rotatable bonds is 8. The Morgan fingerprint density at radius 1 is 1.24 bits per heavy atom. The van der Waals surface area contributed by atoms with Crippen LogP contribution in [0.5, 0.6) is 5.75 Å². The van der Waals surface area contributed by atoms with E-state index in [2.05, 4.69) is 15.4 Å². The summed E-state index contributed by atoms with van der Waals surface area (Å²) in [6, 6.07) is 9.48. The number of hydrogen-bond donors (Lipinski definition) is 2. The number of nitrogens with zero attached hydrogens (tertiary/aromatic N) is 3. The lowest BCUT2D eigenvalue weighted by molar-refractivity contribution is 0.100. The number of amides is 2. The molecule has 0 saturated carbocycles. The molecule has 5 aromatic rings. The first-order valence-electron chi connectivity index (χ1n) is 10.7. The van der Waals surface area contributed by atoms with Crippen LogP contribution in [-0.4, -0.2) is 26.6 Å². The molecule has 194 valence electrons. The molecule has 0 aliphatic carbocycles. The van der Waals surface area contributed by atoms with Gasteiger partial charge in [-0.3, -0.25) is 9.59 Å². The molecule has 0 aliphatic heterocycles. The van der Waals surface area contributed by atoms with Crippen LogP contribution in [0.1, 0.15) is 32.3 Å². The van der Waals surface area contributed by atoms with Crippen molar-refractivity contribution in [2.45, 2.75) is 13.2 Å². The van der Waals surface area contributed by atoms with Crippen LogP contribution in [0, 0.1) is 5.82 Å². The van der Waals surface area contributed by atoms with Crippen molar-refractivity contribution in [1.29, 1.82) is 0 Å². The van der Waals surface area contributed by atoms with Crippen LogP contribution in [0.3, 0.4) is 0 Å². The van der Waals surface area contributed by atoms with Gasteiger partial charge < -0.3 is 20.2 Å². The number of hydrogen-bond acceptors (Lipinski definition) is 7. The van der Waals surface area contributed by atoms with Gasteiger partial charge >= 0.3 is 0 Å². The lowest BCUT2D eigenvalue weighted by atomic mass is 10.1. The zero-order chi connectivity index (χ0) is 27.0. The van der Waals surface area contributed by atoms with E-state index in [0.29, 0.717) is 0 Å². The van der Waals surface area contributed by atoms with E-state index in [1.165, 1.54) is 35.3 Å². The summed E-state index contributed by atoms with van der Waals surface area (Å²) < 4.78 is 52.6. The first-order chi connectivity index (χ1) is 18.2. The van der Waals surface area contributed by atoms with Crippen molar-refractivity contribution >= 4 is 50.7 Å². The Morgan fingerprint density at radius 3 is 2.74 bits per heavy atom. The molecule has 5 rings (SSSR count). The summed E-state index contributed by atoms with van der Waals surface area (Å²) in [6.07, 6.45) is -0.0639. The van der Waals surface area contributed by atoms with E-state index in [9.17, 15) is 22.8 Å². The van der Waals surface area contributed by atoms with Gasteiger partial charge in [0.05, 0.1) is 17.0 Å². The Balaban J connectivity index is 1.46. The van der Waals surface area contributed by atoms with Gasteiger partial charge in [0, 0.05) is 23.2 Å². The summed E-state index contributed by atoms with van der Waals surface area (Å²) in [5.74, 6) is -1.67. The minimum absolute atomic E-state index is 0.00558. The van der Waals surface area contributed by atoms with Crippen LogP contribution >= 0.6 is 22.9 Å². The van der Waals surface area contributed by atoms with Crippen molar-refractivity contribution in [2.75, 3.05) is 5.32 Å². The molecule has 0 saturated heterocycles. The van der Waals surface area contributed by atoms with Crippen LogP contribution in [-0.2, 0) is 6.73 Å². The number of nitrogens with one attached hydrogen (secondary N) is 1. The van der Waals surface area contributed by atoms with E-state index in [0.717, 1.165) is 23.5 Å². The van der Waals surface area contributed by atoms with Gasteiger partial charge in [0.25, 0.3) is 18.2 Å². The number of carbonyl (C=O) groups excluding carboxylic acids is 2. The molecule has 0 atom stereocenters. The predicted molar refractivity (Wildman–Crippen MR) is 133 cm³/mol. The second-order valence-electron chi connectivity index (χ2n) is 7.77. The Bertz CT molecular complexity index is 1670. The summed E-state index contributed by atoms with van der Waals surface area (Å²) in [7, 11) is 0. The largest absolute Gasteiger partial charge is 0.471 e. The number of carbonyl (C=O) groups is 2. The molecular formula is C24H15ClF3N5O4S. The van der Waals surface area contributed by atoms with Crippen LogP contribution in [0.2, 0.25) is 5.02 Å². The smallest absolute Gasteiger partial charge is 0.280 e. The van der Waals surface area contributed by atoms with Crippen molar-refractivity contribution in [3.63, 3.8) is 0 Å². The summed E-state index contributed by atoms with van der Waals surface area (Å²) in [5.41, 5.74) is 5.15. The van der Waals surface area contributed by atoms with Crippen LogP contribution in [0.25, 0.3) is 21.5 Å². The third-order valence-electron chi connectivity index (χ3n) is 5.28. The molecule has 0 aliphatic rings. The van der Waals surface area contributed by atoms with Crippen molar-refractivity contribution in [3.05, 3.63) is 82.0 Å². The van der Waals surface area contributed by atoms with Crippen LogP contribution in [0.4, 0.5) is 18.9 Å². The Labute approximate surface area is 220 Å². The lowest BCUT2D eigenvalue weighted by Crippen LogP contribution is -2.17. The molecule has 9 nitrogen and oxygen atoms in total. The number of fused-ring (bicyclic) bond motifs is 1. The van der Waals surface area contributed by atoms with Gasteiger partial charge in [-0.15, -0.1) is 11.3 Å². The number of pyridine rings is 1. The number of primary amides is 1. The van der Waals surface area contributed by atoms with E-state index in [-0.39, 0.29) is 55.3 Å². The number of furan rings is 1. The molecule has 0 unspecified atom stereocenters. The van der Waals surface area contributed by atoms with E-state index in [1.807, 2.05) is 0 Å². The second-order valence-corrected chi connectivity index (χ2v) is 9.17. The maximum atomic E-state index is 13.5. The van der Waals surface area contributed by atoms with Crippen LogP contribution < -0.4 is 15.8 Å². The number of aromatic nitrogens is 3. The van der Waals surface area contributed by atoms with Gasteiger partial charge in [-0.1, -0.05) is 11.6 Å². The third kappa shape index (κ3) is 4.93. The summed E-state index contributed by atoms with van der Waals surface area (Å²) in [6.45, 7) is -0.119. The van der Waals surface area contributed by atoms with Gasteiger partial charge in [-0.2, -0.15) is 5.10 Å². The number of ether oxygens (including phenoxy) is 1. The van der Waals surface area contributed by atoms with Gasteiger partial charge in [0.1, 0.15) is 32.7 Å². The molecule has 14 heteroatoms. The molecular weight excluding hydrogens is 547 g/mol. The standard InChI is InChI=1S/C24H15ClF3N5O4S/c25-13-8-11(3-4-14(13)26)37-10-33-6-5-15(32-33)23(35)31-19-18-12(17-2-1-7-36-17)9-16(21(27)28)30-24(18)38-20(19)22(29)34/h1-9,21H,10H2,(H2,29,34)(H,31,35). The fourth-order valence-corrected chi connectivity index (χ4v) is 4.77. The number of benzene rings is 1. The molecule has 1 aromatic carbocycles. The Kier molecular flexibility index (Phi) is 6.78. The lowest BCUT2D eigenvalue weighted by Gasteiger charge is -2.09. The molecule has 2 amide bonds. The highest BCUT2D eigenvalue weighted by molar-refractivity contribution is 7.21. The number of anilines is 1. The molecule has 4 heterocycles. The SMILES string of the molecule is NC(=O)c1sc2nc(C(F)F)cc(-c3ccco3)c2c1NC(=O)c1ccn(COc2ccc(F)c(Cl)c2)n1. The zero-order valence-electron chi connectivity index (χ0n) is 19.0. The minimum atomic E-state index is -2.89. The van der Waals surface area contributed by atoms with Crippen LogP contribution in [0.15, 0.2) is 59.3 Å². The van der Waals surface area contributed by atoms with Gasteiger partial charge in [-0.25, -0.2) is 22.8 Å². The maximum absolute atomic E-state index is 13.5. The fraction of sp³-hybridized carbons (Fsp3) is 0.0833. The second kappa shape index (κ2) is 10.2. The monoisotopic (exact) mass is 561 g/mol. The van der Waals surface area contributed by atoms with Crippen molar-refractivity contribution in [1.82, 2.24) is 14.8 Å². The predicted octanol–water partition coefficient (Wildman–Crippen LogP) is 5.87. The summed E-state index contributed by atoms with van der Waals surface area (Å²) in [5, 5.41) is 6.85. The number of halogens is 4. The zero-order valence-corrected chi connectivity index (χ0v) is 20.5. The minimum Gasteiger partial charge on any atom is -0.471 e. The molecule has 4 aromatic heterocycles. The summed E-state index contributed by atoms with van der Waals surface area (Å²) in [4.78, 5) is 29.2. The fourth-order valence-electron chi connectivity index (χ4n) is 3.59. The molecule has 38 heavy (non-hydrogen) atoms. The molecule has 0 fully saturated rings. The quantitative estimate of drug-likeness (QED) is 0.244. The average molecular weight is 562 g/mol. The molecule has 0 radical (unpaired) electrons. The highest BCUT2D eigenvalue weighted by Gasteiger charge is 2.26. The topological polar surface area (TPSA) is 125 Å². The first-order valence-corrected chi connectivity index (χ1v) is 11.9. The number of nitrogens with two attached hydrogens (primary N) is 1. The van der Waals surface area contributed by atoms with E-state index >= 15 is 0 Å². The molecule has 0 spiro atoms. The Morgan fingerprint density at radius 2 is 2.05 bits per heavy atom. The average Bonchev–Trinajstić information content (AvgIpc) is 3.64. The van der Waals surface area contributed by atoms with Gasteiger partial charge in [0.15, 0.2) is 12.4 Å².